The molecule has 2 N–H and O–H groups in total. The Balaban J connectivity index is 1.74. The minimum absolute atomic E-state index is 0.688. The van der Waals surface area contributed by atoms with Crippen LogP contribution in [0.4, 0.5) is 0 Å². The van der Waals surface area contributed by atoms with E-state index in [-0.39, 0.29) is 0 Å². The highest BCUT2D eigenvalue weighted by Gasteiger charge is 2.34. The van der Waals surface area contributed by atoms with Gasteiger partial charge in [-0.2, -0.15) is 11.8 Å². The quantitative estimate of drug-likeness (QED) is 0.701. The molecule has 4 unspecified atom stereocenters. The van der Waals surface area contributed by atoms with Gasteiger partial charge < -0.3 is 10.6 Å². The highest BCUT2D eigenvalue weighted by atomic mass is 32.2. The lowest BCUT2D eigenvalue weighted by Gasteiger charge is -2.34. The molecular formula is C16H32N2S. The van der Waals surface area contributed by atoms with E-state index >= 15 is 0 Å². The molecule has 0 bridgehead atoms. The van der Waals surface area contributed by atoms with Crippen molar-refractivity contribution in [2.24, 2.45) is 5.92 Å². The van der Waals surface area contributed by atoms with Crippen LogP contribution in [0, 0.1) is 5.92 Å². The summed E-state index contributed by atoms with van der Waals surface area (Å²) in [4.78, 5) is 0. The van der Waals surface area contributed by atoms with Crippen LogP contribution in [0.5, 0.6) is 0 Å². The summed E-state index contributed by atoms with van der Waals surface area (Å²) in [5.74, 6) is 3.45. The second-order valence-electron chi connectivity index (χ2n) is 6.31. The fourth-order valence-corrected chi connectivity index (χ4v) is 4.58. The molecule has 3 heteroatoms. The Morgan fingerprint density at radius 1 is 1.21 bits per heavy atom. The molecule has 1 saturated heterocycles. The first-order valence-corrected chi connectivity index (χ1v) is 9.54. The van der Waals surface area contributed by atoms with Gasteiger partial charge in [-0.15, -0.1) is 0 Å². The lowest BCUT2D eigenvalue weighted by molar-refractivity contribution is 0.247. The van der Waals surface area contributed by atoms with Gasteiger partial charge >= 0.3 is 0 Å². The maximum Gasteiger partial charge on any atom is 0.0113 e. The van der Waals surface area contributed by atoms with E-state index in [0.29, 0.717) is 6.04 Å². The first-order chi connectivity index (χ1) is 9.31. The third kappa shape index (κ3) is 4.95. The summed E-state index contributed by atoms with van der Waals surface area (Å²) in [6.45, 7) is 5.88. The van der Waals surface area contributed by atoms with E-state index < -0.39 is 0 Å². The number of nitrogens with one attached hydrogen (secondary N) is 2. The topological polar surface area (TPSA) is 24.1 Å². The molecule has 112 valence electrons. The van der Waals surface area contributed by atoms with Crippen LogP contribution < -0.4 is 10.6 Å². The van der Waals surface area contributed by atoms with Crippen molar-refractivity contribution >= 4 is 11.8 Å². The highest BCUT2D eigenvalue weighted by molar-refractivity contribution is 7.99. The van der Waals surface area contributed by atoms with Gasteiger partial charge in [-0.1, -0.05) is 19.8 Å². The summed E-state index contributed by atoms with van der Waals surface area (Å²) < 4.78 is 0. The minimum Gasteiger partial charge on any atom is -0.314 e. The van der Waals surface area contributed by atoms with Gasteiger partial charge in [0.25, 0.3) is 0 Å². The number of hydrogen-bond donors (Lipinski definition) is 2. The third-order valence-electron chi connectivity index (χ3n) is 4.83. The summed E-state index contributed by atoms with van der Waals surface area (Å²) in [5.41, 5.74) is 0. The summed E-state index contributed by atoms with van der Waals surface area (Å²) in [6.07, 6.45) is 9.80. The lowest BCUT2D eigenvalue weighted by atomic mass is 9.88. The van der Waals surface area contributed by atoms with Crippen LogP contribution in [-0.2, 0) is 0 Å². The van der Waals surface area contributed by atoms with Crippen molar-refractivity contribution in [3.8, 4) is 0 Å². The van der Waals surface area contributed by atoms with E-state index in [1.54, 1.807) is 0 Å². The predicted octanol–water partition coefficient (Wildman–Crippen LogP) is 3.42. The second-order valence-corrected chi connectivity index (χ2v) is 7.70. The van der Waals surface area contributed by atoms with Gasteiger partial charge in [0.1, 0.15) is 0 Å². The standard InChI is InChI=1S/C16H32N2S/c1-3-19-12-10-13(2)18-16-9-6-7-14(16)15-8-4-5-11-17-15/h13-18H,3-12H2,1-2H3. The fourth-order valence-electron chi connectivity index (χ4n) is 3.77. The van der Waals surface area contributed by atoms with Crippen molar-refractivity contribution in [1.29, 1.82) is 0 Å². The molecule has 2 rings (SSSR count). The van der Waals surface area contributed by atoms with Gasteiger partial charge in [0.2, 0.25) is 0 Å². The third-order valence-corrected chi connectivity index (χ3v) is 5.77. The van der Waals surface area contributed by atoms with Crippen molar-refractivity contribution in [2.45, 2.75) is 76.9 Å². The average Bonchev–Trinajstić information content (AvgIpc) is 2.88. The molecule has 0 radical (unpaired) electrons. The Morgan fingerprint density at radius 2 is 2.11 bits per heavy atom. The second kappa shape index (κ2) is 8.53. The average molecular weight is 285 g/mol. The van der Waals surface area contributed by atoms with Crippen LogP contribution >= 0.6 is 11.8 Å². The SMILES string of the molecule is CCSCCC(C)NC1CCCC1C1CCCCN1. The van der Waals surface area contributed by atoms with E-state index in [1.165, 1.54) is 63.0 Å². The van der Waals surface area contributed by atoms with Crippen LogP contribution in [0.15, 0.2) is 0 Å². The van der Waals surface area contributed by atoms with Crippen LogP contribution in [0.2, 0.25) is 0 Å². The predicted molar refractivity (Wildman–Crippen MR) is 87.0 cm³/mol. The van der Waals surface area contributed by atoms with E-state index in [9.17, 15) is 0 Å². The Kier molecular flexibility index (Phi) is 7.03. The van der Waals surface area contributed by atoms with Gasteiger partial charge in [-0.05, 0) is 63.0 Å². The summed E-state index contributed by atoms with van der Waals surface area (Å²) in [5, 5.41) is 7.70. The van der Waals surface area contributed by atoms with Crippen molar-refractivity contribution in [1.82, 2.24) is 10.6 Å². The van der Waals surface area contributed by atoms with Gasteiger partial charge in [0.05, 0.1) is 0 Å². The molecule has 0 aromatic heterocycles. The van der Waals surface area contributed by atoms with Crippen molar-refractivity contribution in [2.75, 3.05) is 18.1 Å². The lowest BCUT2D eigenvalue weighted by Crippen LogP contribution is -2.48. The molecule has 0 aromatic carbocycles. The van der Waals surface area contributed by atoms with Gasteiger partial charge in [-0.25, -0.2) is 0 Å². The Bertz CT molecular complexity index is 241. The van der Waals surface area contributed by atoms with E-state index in [0.717, 1.165) is 18.0 Å². The Hall–Kier alpha value is 0.270. The molecule has 0 aromatic rings. The first kappa shape index (κ1) is 15.7. The molecule has 19 heavy (non-hydrogen) atoms. The maximum atomic E-state index is 3.93. The van der Waals surface area contributed by atoms with Crippen LogP contribution in [0.3, 0.4) is 0 Å². The zero-order chi connectivity index (χ0) is 13.5. The first-order valence-electron chi connectivity index (χ1n) is 8.38. The monoisotopic (exact) mass is 284 g/mol. The fraction of sp³-hybridized carbons (Fsp3) is 1.00. The molecule has 0 spiro atoms. The van der Waals surface area contributed by atoms with Gasteiger partial charge in [0.15, 0.2) is 0 Å². The van der Waals surface area contributed by atoms with Crippen LogP contribution in [0.25, 0.3) is 0 Å². The maximum absolute atomic E-state index is 3.93. The number of hydrogen-bond acceptors (Lipinski definition) is 3. The van der Waals surface area contributed by atoms with Crippen molar-refractivity contribution in [3.05, 3.63) is 0 Å². The molecule has 0 amide bonds. The molecule has 1 aliphatic heterocycles. The number of piperidine rings is 1. The molecule has 2 nitrogen and oxygen atoms in total. The van der Waals surface area contributed by atoms with Crippen molar-refractivity contribution in [3.63, 3.8) is 0 Å². The molecule has 4 atom stereocenters. The largest absolute Gasteiger partial charge is 0.314 e. The molecular weight excluding hydrogens is 252 g/mol. The zero-order valence-corrected chi connectivity index (χ0v) is 13.6. The zero-order valence-electron chi connectivity index (χ0n) is 12.8. The number of rotatable bonds is 7. The molecule has 2 fully saturated rings. The summed E-state index contributed by atoms with van der Waals surface area (Å²) in [6, 6.07) is 2.26. The highest BCUT2D eigenvalue weighted by Crippen LogP contribution is 2.32. The van der Waals surface area contributed by atoms with Gasteiger partial charge in [0, 0.05) is 18.1 Å². The summed E-state index contributed by atoms with van der Waals surface area (Å²) in [7, 11) is 0. The van der Waals surface area contributed by atoms with Crippen LogP contribution in [-0.4, -0.2) is 36.2 Å². The van der Waals surface area contributed by atoms with Crippen molar-refractivity contribution < 1.29 is 0 Å². The molecule has 1 aliphatic carbocycles. The Labute approximate surface area is 123 Å². The normalized spacial score (nSPS) is 33.5. The summed E-state index contributed by atoms with van der Waals surface area (Å²) >= 11 is 2.07. The number of thioether (sulfide) groups is 1. The van der Waals surface area contributed by atoms with E-state index in [4.69, 9.17) is 0 Å². The van der Waals surface area contributed by atoms with Crippen LogP contribution in [0.1, 0.15) is 58.8 Å². The molecule has 1 heterocycles. The smallest absolute Gasteiger partial charge is 0.0113 e. The Morgan fingerprint density at radius 3 is 2.84 bits per heavy atom. The molecule has 1 saturated carbocycles. The minimum atomic E-state index is 0.688. The molecule has 2 aliphatic rings. The van der Waals surface area contributed by atoms with Gasteiger partial charge in [-0.3, -0.25) is 0 Å². The van der Waals surface area contributed by atoms with E-state index in [2.05, 4.69) is 36.2 Å². The van der Waals surface area contributed by atoms with E-state index in [1.807, 2.05) is 0 Å².